The van der Waals surface area contributed by atoms with Gasteiger partial charge in [-0.1, -0.05) is 176 Å². The lowest BCUT2D eigenvalue weighted by Gasteiger charge is -2.15. The molecule has 1 heterocycles. The third-order valence-electron chi connectivity index (χ3n) is 12.0. The maximum absolute atomic E-state index is 5.34. The normalized spacial score (nSPS) is 11.9. The first-order chi connectivity index (χ1) is 30.1. The standard InChI is InChI=1S/C58H39N3/c1-3-12-38-13-6-9-18-53(38)56(59-37(2)41-29-31-51-44(33-41)25-21-39-14-4-7-16-49(39)51)46-27-23-43-35-48(28-24-42(43)34-46)58-60-55-20-11-10-19-54(55)57(61-58)47-30-32-52-45(36-47)26-22-40-15-5-8-17-50(40)52/h3-11,13-36H,1-2,12H2. The molecule has 0 aliphatic heterocycles. The second-order valence-electron chi connectivity index (χ2n) is 15.7. The molecule has 286 valence electrons. The average molecular weight is 778 g/mol. The minimum absolute atomic E-state index is 0.693. The number of benzene rings is 10. The molecular weight excluding hydrogens is 739 g/mol. The second kappa shape index (κ2) is 15.0. The van der Waals surface area contributed by atoms with Crippen LogP contribution in [-0.4, -0.2) is 15.7 Å². The number of allylic oxidation sites excluding steroid dienone is 1. The Balaban J connectivity index is 0.991. The Morgan fingerprint density at radius 1 is 0.459 bits per heavy atom. The first-order valence-corrected chi connectivity index (χ1v) is 20.7. The van der Waals surface area contributed by atoms with Crippen molar-refractivity contribution in [2.24, 2.45) is 4.99 Å². The van der Waals surface area contributed by atoms with Crippen LogP contribution < -0.4 is 0 Å². The minimum Gasteiger partial charge on any atom is -0.248 e. The summed E-state index contributed by atoms with van der Waals surface area (Å²) in [6.45, 7) is 8.58. The second-order valence-corrected chi connectivity index (χ2v) is 15.7. The van der Waals surface area contributed by atoms with Gasteiger partial charge in [0.15, 0.2) is 5.82 Å². The topological polar surface area (TPSA) is 38.1 Å². The van der Waals surface area contributed by atoms with E-state index in [1.54, 1.807) is 0 Å². The van der Waals surface area contributed by atoms with E-state index in [4.69, 9.17) is 15.0 Å². The zero-order chi connectivity index (χ0) is 40.9. The highest BCUT2D eigenvalue weighted by molar-refractivity contribution is 6.17. The summed E-state index contributed by atoms with van der Waals surface area (Å²) in [7, 11) is 0. The zero-order valence-electron chi connectivity index (χ0n) is 33.5. The predicted molar refractivity (Wildman–Crippen MR) is 259 cm³/mol. The summed E-state index contributed by atoms with van der Waals surface area (Å²) in [5.41, 5.74) is 9.66. The van der Waals surface area contributed by atoms with E-state index >= 15 is 0 Å². The summed E-state index contributed by atoms with van der Waals surface area (Å²) in [5, 5.41) is 13.0. The van der Waals surface area contributed by atoms with Crippen molar-refractivity contribution in [3.63, 3.8) is 0 Å². The molecule has 0 radical (unpaired) electrons. The number of fused-ring (bicyclic) bond motifs is 8. The molecule has 0 bridgehead atoms. The van der Waals surface area contributed by atoms with Crippen LogP contribution in [0.25, 0.3) is 93.1 Å². The molecule has 0 atom stereocenters. The molecule has 0 spiro atoms. The van der Waals surface area contributed by atoms with Crippen LogP contribution in [0, 0.1) is 0 Å². The van der Waals surface area contributed by atoms with Crippen LogP contribution >= 0.6 is 0 Å². The Morgan fingerprint density at radius 2 is 1.00 bits per heavy atom. The third-order valence-corrected chi connectivity index (χ3v) is 12.0. The molecule has 11 aromatic rings. The number of nitrogens with zero attached hydrogens (tertiary/aromatic N) is 3. The summed E-state index contributed by atoms with van der Waals surface area (Å²) >= 11 is 0. The smallest absolute Gasteiger partial charge is 0.160 e. The van der Waals surface area contributed by atoms with Gasteiger partial charge in [-0.15, -0.1) is 6.58 Å². The first-order valence-electron chi connectivity index (χ1n) is 20.7. The number of aliphatic imine (C=N–C) groups is 1. The van der Waals surface area contributed by atoms with Crippen molar-refractivity contribution < 1.29 is 0 Å². The predicted octanol–water partition coefficient (Wildman–Crippen LogP) is 15.0. The van der Waals surface area contributed by atoms with Crippen LogP contribution in [0.3, 0.4) is 0 Å². The van der Waals surface area contributed by atoms with Crippen molar-refractivity contribution in [3.8, 4) is 22.6 Å². The number of hydrogen-bond acceptors (Lipinski definition) is 3. The fourth-order valence-electron chi connectivity index (χ4n) is 8.88. The molecule has 0 unspecified atom stereocenters. The molecule has 61 heavy (non-hydrogen) atoms. The molecule has 11 rings (SSSR count). The first kappa shape index (κ1) is 36.1. The highest BCUT2D eigenvalue weighted by Crippen LogP contribution is 2.35. The molecule has 0 saturated carbocycles. The lowest BCUT2D eigenvalue weighted by Crippen LogP contribution is -2.07. The van der Waals surface area contributed by atoms with Gasteiger partial charge in [0.2, 0.25) is 0 Å². The largest absolute Gasteiger partial charge is 0.248 e. The summed E-state index contributed by atoms with van der Waals surface area (Å²) < 4.78 is 0. The van der Waals surface area contributed by atoms with Crippen molar-refractivity contribution in [3.05, 3.63) is 236 Å². The number of aromatic nitrogens is 2. The van der Waals surface area contributed by atoms with E-state index in [0.29, 0.717) is 11.5 Å². The molecule has 3 nitrogen and oxygen atoms in total. The number of rotatable bonds is 8. The van der Waals surface area contributed by atoms with Crippen LogP contribution in [0.5, 0.6) is 0 Å². The summed E-state index contributed by atoms with van der Waals surface area (Å²) in [6, 6.07) is 68.9. The Hall–Kier alpha value is -8.01. The molecule has 0 aliphatic rings. The SMILES string of the molecule is C=CCc1ccccc1C(=NC(=C)c1ccc2c(ccc3ccccc32)c1)c1ccc2cc(-c3nc(-c4ccc5c(ccc6ccccc65)c4)c4ccccc4n3)ccc2c1. The van der Waals surface area contributed by atoms with E-state index in [9.17, 15) is 0 Å². The van der Waals surface area contributed by atoms with Gasteiger partial charge in [-0.25, -0.2) is 15.0 Å². The van der Waals surface area contributed by atoms with Gasteiger partial charge < -0.3 is 0 Å². The van der Waals surface area contributed by atoms with Gasteiger partial charge in [0.25, 0.3) is 0 Å². The van der Waals surface area contributed by atoms with Crippen LogP contribution in [-0.2, 0) is 6.42 Å². The van der Waals surface area contributed by atoms with E-state index in [2.05, 4.69) is 201 Å². The molecular formula is C58H39N3. The van der Waals surface area contributed by atoms with Crippen molar-refractivity contribution in [2.45, 2.75) is 6.42 Å². The van der Waals surface area contributed by atoms with Crippen molar-refractivity contribution in [2.75, 3.05) is 0 Å². The van der Waals surface area contributed by atoms with Gasteiger partial charge in [0, 0.05) is 33.2 Å². The number of hydrogen-bond donors (Lipinski definition) is 0. The van der Waals surface area contributed by atoms with Crippen molar-refractivity contribution >= 4 is 76.2 Å². The molecule has 0 fully saturated rings. The lowest BCUT2D eigenvalue weighted by atomic mass is 9.93. The van der Waals surface area contributed by atoms with E-state index in [-0.39, 0.29) is 0 Å². The van der Waals surface area contributed by atoms with Gasteiger partial charge in [-0.3, -0.25) is 0 Å². The van der Waals surface area contributed by atoms with E-state index < -0.39 is 0 Å². The quantitative estimate of drug-likeness (QED) is 0.0875. The summed E-state index contributed by atoms with van der Waals surface area (Å²) in [6.07, 6.45) is 2.68. The van der Waals surface area contributed by atoms with Crippen LogP contribution in [0.2, 0.25) is 0 Å². The molecule has 0 aliphatic carbocycles. The average Bonchev–Trinajstić information content (AvgIpc) is 3.32. The highest BCUT2D eigenvalue weighted by Gasteiger charge is 2.16. The Bertz CT molecular complexity index is 3610. The van der Waals surface area contributed by atoms with E-state index in [0.717, 1.165) is 78.3 Å². The van der Waals surface area contributed by atoms with Crippen LogP contribution in [0.4, 0.5) is 0 Å². The minimum atomic E-state index is 0.693. The van der Waals surface area contributed by atoms with Gasteiger partial charge in [-0.2, -0.15) is 0 Å². The van der Waals surface area contributed by atoms with Gasteiger partial charge >= 0.3 is 0 Å². The Labute approximate surface area is 354 Å². The highest BCUT2D eigenvalue weighted by atomic mass is 14.9. The number of para-hydroxylation sites is 1. The monoisotopic (exact) mass is 777 g/mol. The van der Waals surface area contributed by atoms with E-state index in [1.165, 1.54) is 37.7 Å². The summed E-state index contributed by atoms with van der Waals surface area (Å²) in [4.78, 5) is 15.7. The maximum Gasteiger partial charge on any atom is 0.160 e. The third kappa shape index (κ3) is 6.54. The van der Waals surface area contributed by atoms with Crippen LogP contribution in [0.15, 0.2) is 218 Å². The Kier molecular flexibility index (Phi) is 8.87. The molecule has 0 amide bonds. The zero-order valence-corrected chi connectivity index (χ0v) is 33.5. The van der Waals surface area contributed by atoms with E-state index in [1.807, 2.05) is 12.1 Å². The van der Waals surface area contributed by atoms with Gasteiger partial charge in [0.1, 0.15) is 0 Å². The van der Waals surface area contributed by atoms with Crippen molar-refractivity contribution in [1.29, 1.82) is 0 Å². The lowest BCUT2D eigenvalue weighted by molar-refractivity contribution is 1.23. The van der Waals surface area contributed by atoms with Gasteiger partial charge in [0.05, 0.1) is 22.6 Å². The Morgan fingerprint density at radius 3 is 1.79 bits per heavy atom. The molecule has 0 N–H and O–H groups in total. The molecule has 10 aromatic carbocycles. The molecule has 1 aromatic heterocycles. The fourth-order valence-corrected chi connectivity index (χ4v) is 8.88. The fraction of sp³-hybridized carbons (Fsp3) is 0.0172. The molecule has 3 heteroatoms. The molecule has 0 saturated heterocycles. The maximum atomic E-state index is 5.34. The van der Waals surface area contributed by atoms with Gasteiger partial charge in [-0.05, 0) is 96.2 Å². The summed E-state index contributed by atoms with van der Waals surface area (Å²) in [5.74, 6) is 0.693. The van der Waals surface area contributed by atoms with Crippen LogP contribution in [0.1, 0.15) is 22.3 Å². The van der Waals surface area contributed by atoms with Crippen molar-refractivity contribution in [1.82, 2.24) is 9.97 Å².